The third-order valence-corrected chi connectivity index (χ3v) is 4.64. The van der Waals surface area contributed by atoms with E-state index in [1.807, 2.05) is 56.6 Å². The summed E-state index contributed by atoms with van der Waals surface area (Å²) < 4.78 is 16.9. The van der Waals surface area contributed by atoms with Crippen molar-refractivity contribution in [2.45, 2.75) is 0 Å². The Morgan fingerprint density at radius 1 is 1.00 bits per heavy atom. The number of likely N-dealkylation sites (N-methyl/N-ethyl adjacent to an activating group) is 1. The Kier molecular flexibility index (Phi) is 7.26. The van der Waals surface area contributed by atoms with Gasteiger partial charge in [-0.3, -0.25) is 4.98 Å². The van der Waals surface area contributed by atoms with Gasteiger partial charge in [-0.15, -0.1) is 0 Å². The van der Waals surface area contributed by atoms with E-state index in [2.05, 4.69) is 20.5 Å². The largest absolute Gasteiger partial charge is 0.493 e. The monoisotopic (exact) mass is 426 g/mol. The van der Waals surface area contributed by atoms with Crippen LogP contribution in [0.3, 0.4) is 0 Å². The van der Waals surface area contributed by atoms with Crippen LogP contribution in [0.15, 0.2) is 48.7 Å². The average molecular weight is 427 g/mol. The van der Waals surface area contributed by atoms with E-state index in [1.54, 1.807) is 20.4 Å². The van der Waals surface area contributed by atoms with E-state index in [9.17, 15) is 0 Å². The summed E-state index contributed by atoms with van der Waals surface area (Å²) in [4.78, 5) is 6.49. The summed E-state index contributed by atoms with van der Waals surface area (Å²) in [6, 6.07) is 13.1. The van der Waals surface area contributed by atoms with Crippen molar-refractivity contribution in [2.75, 3.05) is 46.7 Å². The molecule has 0 aliphatic carbocycles. The highest BCUT2D eigenvalue weighted by molar-refractivity contribution is 7.80. The number of benzene rings is 2. The predicted molar refractivity (Wildman–Crippen MR) is 124 cm³/mol. The molecule has 3 aromatic rings. The number of thiocarbonyl (C=S) groups is 1. The van der Waals surface area contributed by atoms with Crippen molar-refractivity contribution < 1.29 is 14.2 Å². The molecule has 0 radical (unpaired) electrons. The molecule has 158 valence electrons. The molecule has 0 saturated heterocycles. The van der Waals surface area contributed by atoms with E-state index >= 15 is 0 Å². The third-order valence-electron chi connectivity index (χ3n) is 4.39. The number of methoxy groups -OCH3 is 2. The molecule has 0 aliphatic rings. The summed E-state index contributed by atoms with van der Waals surface area (Å²) in [5.41, 5.74) is 1.65. The van der Waals surface area contributed by atoms with Gasteiger partial charge in [0.2, 0.25) is 0 Å². The van der Waals surface area contributed by atoms with E-state index in [0.29, 0.717) is 28.1 Å². The van der Waals surface area contributed by atoms with Gasteiger partial charge >= 0.3 is 0 Å². The lowest BCUT2D eigenvalue weighted by Gasteiger charge is -2.14. The number of nitrogens with zero attached hydrogens (tertiary/aromatic N) is 2. The zero-order valence-corrected chi connectivity index (χ0v) is 18.4. The Labute approximate surface area is 182 Å². The lowest BCUT2D eigenvalue weighted by molar-refractivity contribution is 0.355. The number of rotatable bonds is 8. The van der Waals surface area contributed by atoms with E-state index in [1.165, 1.54) is 0 Å². The van der Waals surface area contributed by atoms with Gasteiger partial charge in [-0.05, 0) is 62.7 Å². The number of hydrogen-bond acceptors (Lipinski definition) is 6. The van der Waals surface area contributed by atoms with Crippen LogP contribution >= 0.6 is 12.2 Å². The quantitative estimate of drug-likeness (QED) is 0.526. The second-order valence-corrected chi connectivity index (χ2v) is 7.25. The van der Waals surface area contributed by atoms with Crippen molar-refractivity contribution in [1.29, 1.82) is 0 Å². The summed E-state index contributed by atoms with van der Waals surface area (Å²) in [6.07, 6.45) is 1.71. The van der Waals surface area contributed by atoms with Crippen LogP contribution in [0.2, 0.25) is 0 Å². The van der Waals surface area contributed by atoms with Gasteiger partial charge < -0.3 is 29.7 Å². The molecular formula is C22H26N4O3S. The summed E-state index contributed by atoms with van der Waals surface area (Å²) in [7, 11) is 7.25. The van der Waals surface area contributed by atoms with Crippen molar-refractivity contribution in [3.63, 3.8) is 0 Å². The average Bonchev–Trinajstić information content (AvgIpc) is 2.74. The molecule has 2 N–H and O–H groups in total. The molecular weight excluding hydrogens is 400 g/mol. The second-order valence-electron chi connectivity index (χ2n) is 6.84. The lowest BCUT2D eigenvalue weighted by Crippen LogP contribution is -2.34. The van der Waals surface area contributed by atoms with Crippen molar-refractivity contribution in [1.82, 2.24) is 15.2 Å². The van der Waals surface area contributed by atoms with Crippen LogP contribution in [-0.4, -0.2) is 56.4 Å². The number of aromatic nitrogens is 1. The minimum Gasteiger partial charge on any atom is -0.493 e. The molecule has 0 amide bonds. The SMILES string of the molecule is COc1cc2nccc(Oc3ccc(NC(=S)NCCN(C)C)cc3)c2cc1OC. The number of ether oxygens (including phenoxy) is 3. The van der Waals surface area contributed by atoms with Gasteiger partial charge in [0, 0.05) is 36.4 Å². The van der Waals surface area contributed by atoms with Crippen LogP contribution in [0.5, 0.6) is 23.0 Å². The Morgan fingerprint density at radius 2 is 1.70 bits per heavy atom. The van der Waals surface area contributed by atoms with Crippen LogP contribution in [0.25, 0.3) is 10.9 Å². The molecule has 7 nitrogen and oxygen atoms in total. The fourth-order valence-electron chi connectivity index (χ4n) is 2.84. The van der Waals surface area contributed by atoms with Crippen molar-refractivity contribution in [2.24, 2.45) is 0 Å². The topological polar surface area (TPSA) is 67.9 Å². The zero-order chi connectivity index (χ0) is 21.5. The summed E-state index contributed by atoms with van der Waals surface area (Å²) in [5, 5.41) is 7.77. The second kappa shape index (κ2) is 10.1. The van der Waals surface area contributed by atoms with E-state index in [4.69, 9.17) is 26.4 Å². The Balaban J connectivity index is 1.71. The molecule has 0 aliphatic heterocycles. The lowest BCUT2D eigenvalue weighted by atomic mass is 10.2. The highest BCUT2D eigenvalue weighted by Gasteiger charge is 2.11. The van der Waals surface area contributed by atoms with Crippen LogP contribution in [0, 0.1) is 0 Å². The first-order valence-corrected chi connectivity index (χ1v) is 9.89. The summed E-state index contributed by atoms with van der Waals surface area (Å²) in [5.74, 6) is 2.63. The first-order valence-electron chi connectivity index (χ1n) is 9.48. The highest BCUT2D eigenvalue weighted by atomic mass is 32.1. The Hall–Kier alpha value is -3.10. The first-order chi connectivity index (χ1) is 14.5. The number of anilines is 1. The van der Waals surface area contributed by atoms with Gasteiger partial charge in [-0.25, -0.2) is 0 Å². The van der Waals surface area contributed by atoms with Crippen LogP contribution < -0.4 is 24.8 Å². The van der Waals surface area contributed by atoms with Gasteiger partial charge in [0.25, 0.3) is 0 Å². The van der Waals surface area contributed by atoms with Crippen LogP contribution in [-0.2, 0) is 0 Å². The number of hydrogen-bond donors (Lipinski definition) is 2. The maximum Gasteiger partial charge on any atom is 0.170 e. The molecule has 30 heavy (non-hydrogen) atoms. The molecule has 3 rings (SSSR count). The van der Waals surface area contributed by atoms with Gasteiger partial charge in [0.15, 0.2) is 16.6 Å². The van der Waals surface area contributed by atoms with Gasteiger partial charge in [0.05, 0.1) is 19.7 Å². The molecule has 0 bridgehead atoms. The summed E-state index contributed by atoms with van der Waals surface area (Å²) >= 11 is 5.32. The first kappa shape index (κ1) is 21.6. The highest BCUT2D eigenvalue weighted by Crippen LogP contribution is 2.36. The molecule has 0 atom stereocenters. The van der Waals surface area contributed by atoms with Gasteiger partial charge in [0.1, 0.15) is 11.5 Å². The smallest absolute Gasteiger partial charge is 0.170 e. The third kappa shape index (κ3) is 5.49. The van der Waals surface area contributed by atoms with Crippen LogP contribution in [0.4, 0.5) is 5.69 Å². The maximum absolute atomic E-state index is 6.10. The predicted octanol–water partition coefficient (Wildman–Crippen LogP) is 3.89. The molecule has 0 unspecified atom stereocenters. The number of nitrogens with one attached hydrogen (secondary N) is 2. The normalized spacial score (nSPS) is 10.7. The maximum atomic E-state index is 6.10. The fourth-order valence-corrected chi connectivity index (χ4v) is 3.06. The molecule has 0 spiro atoms. The van der Waals surface area contributed by atoms with E-state index < -0.39 is 0 Å². The Morgan fingerprint density at radius 3 is 2.37 bits per heavy atom. The summed E-state index contributed by atoms with van der Waals surface area (Å²) in [6.45, 7) is 1.69. The van der Waals surface area contributed by atoms with Crippen molar-refractivity contribution in [3.8, 4) is 23.0 Å². The number of pyridine rings is 1. The van der Waals surface area contributed by atoms with Gasteiger partial charge in [-0.2, -0.15) is 0 Å². The van der Waals surface area contributed by atoms with Crippen molar-refractivity contribution in [3.05, 3.63) is 48.7 Å². The standard InChI is InChI=1S/C22H26N4O3S/c1-26(2)12-11-24-22(30)25-15-5-7-16(8-6-15)29-19-9-10-23-18-14-21(28-4)20(27-3)13-17(18)19/h5-10,13-14H,11-12H2,1-4H3,(H2,24,25,30). The van der Waals surface area contributed by atoms with Crippen LogP contribution in [0.1, 0.15) is 0 Å². The minimum atomic E-state index is 0.590. The number of fused-ring (bicyclic) bond motifs is 1. The van der Waals surface area contributed by atoms with Gasteiger partial charge in [-0.1, -0.05) is 0 Å². The molecule has 2 aromatic carbocycles. The molecule has 8 heteroatoms. The molecule has 1 heterocycles. The fraction of sp³-hybridized carbons (Fsp3) is 0.273. The zero-order valence-electron chi connectivity index (χ0n) is 17.6. The minimum absolute atomic E-state index is 0.590. The van der Waals surface area contributed by atoms with Crippen molar-refractivity contribution >= 4 is 33.9 Å². The van der Waals surface area contributed by atoms with E-state index in [0.717, 1.165) is 29.7 Å². The Bertz CT molecular complexity index is 1010. The molecule has 0 saturated carbocycles. The molecule has 0 fully saturated rings. The molecule has 1 aromatic heterocycles. The van der Waals surface area contributed by atoms with E-state index in [-0.39, 0.29) is 0 Å².